The SMILES string of the molecule is CCOC(=O)C(F)[C@H](N)c1cc(Cl)ccc1OC. The van der Waals surface area contributed by atoms with Gasteiger partial charge in [0.15, 0.2) is 0 Å². The number of rotatable bonds is 5. The lowest BCUT2D eigenvalue weighted by atomic mass is 10.0. The van der Waals surface area contributed by atoms with E-state index in [2.05, 4.69) is 4.74 Å². The van der Waals surface area contributed by atoms with Crippen molar-refractivity contribution >= 4 is 17.6 Å². The second-order valence-corrected chi connectivity index (χ2v) is 4.00. The molecule has 0 heterocycles. The highest BCUT2D eigenvalue weighted by molar-refractivity contribution is 6.30. The van der Waals surface area contributed by atoms with Crippen LogP contribution in [-0.2, 0) is 9.53 Å². The first-order chi connectivity index (χ1) is 8.51. The smallest absolute Gasteiger partial charge is 0.342 e. The van der Waals surface area contributed by atoms with E-state index in [0.717, 1.165) is 0 Å². The fourth-order valence-corrected chi connectivity index (χ4v) is 1.67. The summed E-state index contributed by atoms with van der Waals surface area (Å²) >= 11 is 5.81. The number of carbonyl (C=O) groups is 1. The fraction of sp³-hybridized carbons (Fsp3) is 0.417. The Hall–Kier alpha value is -1.33. The molecule has 0 spiro atoms. The van der Waals surface area contributed by atoms with Crippen LogP contribution >= 0.6 is 11.6 Å². The molecule has 2 N–H and O–H groups in total. The number of alkyl halides is 1. The summed E-state index contributed by atoms with van der Waals surface area (Å²) in [6.45, 7) is 1.69. The first-order valence-corrected chi connectivity index (χ1v) is 5.78. The third kappa shape index (κ3) is 3.34. The monoisotopic (exact) mass is 275 g/mol. The van der Waals surface area contributed by atoms with Crippen molar-refractivity contribution in [3.63, 3.8) is 0 Å². The highest BCUT2D eigenvalue weighted by Crippen LogP contribution is 2.30. The molecule has 1 unspecified atom stereocenters. The van der Waals surface area contributed by atoms with Crippen LogP contribution in [0.5, 0.6) is 5.75 Å². The summed E-state index contributed by atoms with van der Waals surface area (Å²) in [7, 11) is 1.43. The maximum absolute atomic E-state index is 13.8. The number of ether oxygens (including phenoxy) is 2. The summed E-state index contributed by atoms with van der Waals surface area (Å²) in [4.78, 5) is 11.3. The maximum Gasteiger partial charge on any atom is 0.342 e. The van der Waals surface area contributed by atoms with Crippen molar-refractivity contribution in [3.05, 3.63) is 28.8 Å². The Morgan fingerprint density at radius 2 is 2.22 bits per heavy atom. The molecule has 4 nitrogen and oxygen atoms in total. The van der Waals surface area contributed by atoms with Crippen LogP contribution in [0.1, 0.15) is 18.5 Å². The van der Waals surface area contributed by atoms with E-state index in [4.69, 9.17) is 22.1 Å². The Morgan fingerprint density at radius 1 is 1.56 bits per heavy atom. The van der Waals surface area contributed by atoms with Gasteiger partial charge in [-0.25, -0.2) is 9.18 Å². The van der Waals surface area contributed by atoms with Crippen molar-refractivity contribution in [2.75, 3.05) is 13.7 Å². The third-order valence-corrected chi connectivity index (χ3v) is 2.61. The van der Waals surface area contributed by atoms with Crippen molar-refractivity contribution in [2.45, 2.75) is 19.1 Å². The number of nitrogens with two attached hydrogens (primary N) is 1. The van der Waals surface area contributed by atoms with Gasteiger partial charge in [0.2, 0.25) is 6.17 Å². The van der Waals surface area contributed by atoms with Crippen LogP contribution in [0, 0.1) is 0 Å². The zero-order valence-electron chi connectivity index (χ0n) is 10.2. The van der Waals surface area contributed by atoms with E-state index in [0.29, 0.717) is 16.3 Å². The second-order valence-electron chi connectivity index (χ2n) is 3.57. The fourth-order valence-electron chi connectivity index (χ4n) is 1.49. The Bertz CT molecular complexity index is 428. The summed E-state index contributed by atoms with van der Waals surface area (Å²) in [5.74, 6) is -0.620. The molecule has 0 amide bonds. The Kier molecular flexibility index (Phi) is 5.37. The molecule has 0 aliphatic heterocycles. The van der Waals surface area contributed by atoms with Crippen molar-refractivity contribution in [2.24, 2.45) is 5.73 Å². The summed E-state index contributed by atoms with van der Waals surface area (Å²) in [6.07, 6.45) is -1.96. The van der Waals surface area contributed by atoms with Gasteiger partial charge in [-0.2, -0.15) is 0 Å². The number of esters is 1. The van der Waals surface area contributed by atoms with Gasteiger partial charge in [-0.05, 0) is 25.1 Å². The van der Waals surface area contributed by atoms with E-state index in [1.807, 2.05) is 0 Å². The van der Waals surface area contributed by atoms with Crippen LogP contribution in [0.3, 0.4) is 0 Å². The summed E-state index contributed by atoms with van der Waals surface area (Å²) in [5, 5.41) is 0.386. The molecule has 0 saturated carbocycles. The second kappa shape index (κ2) is 6.56. The van der Waals surface area contributed by atoms with Gasteiger partial charge < -0.3 is 15.2 Å². The van der Waals surface area contributed by atoms with Gasteiger partial charge in [0.1, 0.15) is 5.75 Å². The number of halogens is 2. The molecule has 0 bridgehead atoms. The molecule has 18 heavy (non-hydrogen) atoms. The van der Waals surface area contributed by atoms with E-state index >= 15 is 0 Å². The number of hydrogen-bond acceptors (Lipinski definition) is 4. The van der Waals surface area contributed by atoms with Crippen molar-refractivity contribution in [3.8, 4) is 5.75 Å². The minimum atomic E-state index is -1.96. The van der Waals surface area contributed by atoms with Crippen LogP contribution < -0.4 is 10.5 Å². The van der Waals surface area contributed by atoms with Gasteiger partial charge in [0.05, 0.1) is 19.8 Å². The molecule has 100 valence electrons. The first kappa shape index (κ1) is 14.7. The molecule has 1 aromatic rings. The molecular formula is C12H15ClFNO3. The minimum Gasteiger partial charge on any atom is -0.496 e. The van der Waals surface area contributed by atoms with Gasteiger partial charge in [0.25, 0.3) is 0 Å². The van der Waals surface area contributed by atoms with Gasteiger partial charge in [-0.1, -0.05) is 11.6 Å². The van der Waals surface area contributed by atoms with Crippen molar-refractivity contribution < 1.29 is 18.7 Å². The number of methoxy groups -OCH3 is 1. The molecule has 0 aliphatic rings. The molecular weight excluding hydrogens is 261 g/mol. The van der Waals surface area contributed by atoms with Crippen molar-refractivity contribution in [1.82, 2.24) is 0 Å². The predicted octanol–water partition coefficient (Wildman–Crippen LogP) is 2.25. The maximum atomic E-state index is 13.8. The Morgan fingerprint density at radius 3 is 2.78 bits per heavy atom. The quantitative estimate of drug-likeness (QED) is 0.837. The standard InChI is InChI=1S/C12H15ClFNO3/c1-3-18-12(16)10(14)11(15)8-6-7(13)4-5-9(8)17-2/h4-6,10-11H,3,15H2,1-2H3/t10?,11-/m1/s1. The molecule has 0 radical (unpaired) electrons. The Labute approximate surface area is 110 Å². The van der Waals surface area contributed by atoms with Gasteiger partial charge in [0, 0.05) is 10.6 Å². The molecule has 0 aromatic heterocycles. The topological polar surface area (TPSA) is 61.5 Å². The van der Waals surface area contributed by atoms with Gasteiger partial charge in [-0.15, -0.1) is 0 Å². The zero-order valence-corrected chi connectivity index (χ0v) is 10.9. The summed E-state index contributed by atoms with van der Waals surface area (Å²) in [6, 6.07) is 3.44. The van der Waals surface area contributed by atoms with E-state index in [1.165, 1.54) is 13.2 Å². The number of benzene rings is 1. The van der Waals surface area contributed by atoms with Gasteiger partial charge in [-0.3, -0.25) is 0 Å². The third-order valence-electron chi connectivity index (χ3n) is 2.38. The lowest BCUT2D eigenvalue weighted by Crippen LogP contribution is -2.31. The van der Waals surface area contributed by atoms with Crippen LogP contribution in [0.4, 0.5) is 4.39 Å². The summed E-state index contributed by atoms with van der Waals surface area (Å²) < 4.78 is 23.4. The average Bonchev–Trinajstić information content (AvgIpc) is 2.37. The van der Waals surface area contributed by atoms with E-state index in [-0.39, 0.29) is 6.61 Å². The van der Waals surface area contributed by atoms with Crippen LogP contribution in [0.2, 0.25) is 5.02 Å². The summed E-state index contributed by atoms with van der Waals surface area (Å²) in [5.41, 5.74) is 6.03. The molecule has 2 atom stereocenters. The van der Waals surface area contributed by atoms with Crippen LogP contribution in [-0.4, -0.2) is 25.9 Å². The highest BCUT2D eigenvalue weighted by atomic mass is 35.5. The molecule has 0 saturated heterocycles. The van der Waals surface area contributed by atoms with E-state index in [1.54, 1.807) is 19.1 Å². The number of carbonyl (C=O) groups excluding carboxylic acids is 1. The van der Waals surface area contributed by atoms with Gasteiger partial charge >= 0.3 is 5.97 Å². The molecule has 0 aliphatic carbocycles. The largest absolute Gasteiger partial charge is 0.496 e. The van der Waals surface area contributed by atoms with Crippen LogP contribution in [0.25, 0.3) is 0 Å². The molecule has 0 fully saturated rings. The normalized spacial score (nSPS) is 13.8. The number of hydrogen-bond donors (Lipinski definition) is 1. The van der Waals surface area contributed by atoms with Crippen molar-refractivity contribution in [1.29, 1.82) is 0 Å². The lowest BCUT2D eigenvalue weighted by Gasteiger charge is -2.18. The van der Waals surface area contributed by atoms with Crippen LogP contribution in [0.15, 0.2) is 18.2 Å². The zero-order chi connectivity index (χ0) is 13.7. The predicted molar refractivity (Wildman–Crippen MR) is 66.5 cm³/mol. The molecule has 6 heteroatoms. The minimum absolute atomic E-state index is 0.0959. The lowest BCUT2D eigenvalue weighted by molar-refractivity contribution is -0.149. The van der Waals surface area contributed by atoms with E-state index < -0.39 is 18.2 Å². The molecule has 1 rings (SSSR count). The van der Waals surface area contributed by atoms with E-state index in [9.17, 15) is 9.18 Å². The molecule has 1 aromatic carbocycles. The average molecular weight is 276 g/mol. The first-order valence-electron chi connectivity index (χ1n) is 5.41. The Balaban J connectivity index is 2.98. The highest BCUT2D eigenvalue weighted by Gasteiger charge is 2.29.